The van der Waals surface area contributed by atoms with Gasteiger partial charge in [0.2, 0.25) is 10.0 Å². The van der Waals surface area contributed by atoms with Gasteiger partial charge in [-0.05, 0) is 37.1 Å². The fourth-order valence-corrected chi connectivity index (χ4v) is 3.90. The molecule has 0 aliphatic heterocycles. The Labute approximate surface area is 144 Å². The van der Waals surface area contributed by atoms with Crippen molar-refractivity contribution in [2.45, 2.75) is 24.8 Å². The van der Waals surface area contributed by atoms with Gasteiger partial charge in [-0.2, -0.15) is 4.31 Å². The van der Waals surface area contributed by atoms with Gasteiger partial charge in [-0.1, -0.05) is 54.6 Å². The number of hydrogen-bond acceptors (Lipinski definition) is 3. The predicted octanol–water partition coefficient (Wildman–Crippen LogP) is 3.08. The largest absolute Gasteiger partial charge is 0.392 e. The van der Waals surface area contributed by atoms with Crippen molar-refractivity contribution in [1.29, 1.82) is 0 Å². The minimum Gasteiger partial charge on any atom is -0.392 e. The van der Waals surface area contributed by atoms with E-state index in [0.29, 0.717) is 5.57 Å². The zero-order valence-corrected chi connectivity index (χ0v) is 14.8. The minimum absolute atomic E-state index is 0.0159. The lowest BCUT2D eigenvalue weighted by Gasteiger charge is -2.24. The van der Waals surface area contributed by atoms with Crippen molar-refractivity contribution in [3.05, 3.63) is 72.3 Å². The highest BCUT2D eigenvalue weighted by Gasteiger charge is 2.26. The number of nitrogens with zero attached hydrogens (tertiary/aromatic N) is 1. The lowest BCUT2D eigenvalue weighted by molar-refractivity contribution is 0.167. The smallest absolute Gasteiger partial charge is 0.243 e. The summed E-state index contributed by atoms with van der Waals surface area (Å²) in [6.45, 7) is 7.63. The number of hydrogen-bond donors (Lipinski definition) is 1. The quantitative estimate of drug-likeness (QED) is 0.839. The van der Waals surface area contributed by atoms with Gasteiger partial charge in [-0.15, -0.1) is 0 Å². The van der Waals surface area contributed by atoms with E-state index in [-0.39, 0.29) is 18.0 Å². The van der Waals surface area contributed by atoms with Gasteiger partial charge in [0.15, 0.2) is 0 Å². The van der Waals surface area contributed by atoms with Gasteiger partial charge in [-0.3, -0.25) is 0 Å². The summed E-state index contributed by atoms with van der Waals surface area (Å²) in [6, 6.07) is 16.1. The summed E-state index contributed by atoms with van der Waals surface area (Å²) in [5.74, 6) is 0. The third-order valence-corrected chi connectivity index (χ3v) is 5.50. The van der Waals surface area contributed by atoms with E-state index in [0.717, 1.165) is 11.1 Å². The molecule has 24 heavy (non-hydrogen) atoms. The molecule has 0 amide bonds. The topological polar surface area (TPSA) is 57.6 Å². The maximum atomic E-state index is 12.9. The molecule has 5 heteroatoms. The van der Waals surface area contributed by atoms with Crippen molar-refractivity contribution in [3.8, 4) is 0 Å². The summed E-state index contributed by atoms with van der Waals surface area (Å²) in [5, 5.41) is 9.72. The van der Waals surface area contributed by atoms with Crippen molar-refractivity contribution >= 4 is 15.6 Å². The van der Waals surface area contributed by atoms with Crippen LogP contribution in [0.5, 0.6) is 0 Å². The Morgan fingerprint density at radius 2 is 1.71 bits per heavy atom. The average molecular weight is 345 g/mol. The average Bonchev–Trinajstić information content (AvgIpc) is 2.55. The monoisotopic (exact) mass is 345 g/mol. The molecule has 0 aliphatic carbocycles. The van der Waals surface area contributed by atoms with Crippen LogP contribution in [0.4, 0.5) is 0 Å². The molecule has 1 atom stereocenters. The van der Waals surface area contributed by atoms with Gasteiger partial charge in [-0.25, -0.2) is 8.42 Å². The zero-order chi connectivity index (χ0) is 17.7. The zero-order valence-electron chi connectivity index (χ0n) is 14.0. The molecule has 0 spiro atoms. The molecule has 1 N–H and O–H groups in total. The molecule has 0 radical (unpaired) electrons. The molecule has 2 aromatic carbocycles. The highest BCUT2D eigenvalue weighted by Crippen LogP contribution is 2.21. The van der Waals surface area contributed by atoms with Gasteiger partial charge < -0.3 is 5.11 Å². The van der Waals surface area contributed by atoms with Crippen molar-refractivity contribution in [2.75, 3.05) is 13.1 Å². The second-order valence-electron chi connectivity index (χ2n) is 5.93. The predicted molar refractivity (Wildman–Crippen MR) is 97.1 cm³/mol. The Kier molecular flexibility index (Phi) is 5.94. The van der Waals surface area contributed by atoms with Crippen molar-refractivity contribution in [3.63, 3.8) is 0 Å². The second kappa shape index (κ2) is 7.75. The fraction of sp³-hybridized carbons (Fsp3) is 0.263. The van der Waals surface area contributed by atoms with Crippen LogP contribution in [0.3, 0.4) is 0 Å². The van der Waals surface area contributed by atoms with Crippen LogP contribution in [0.15, 0.2) is 66.1 Å². The van der Waals surface area contributed by atoms with E-state index in [9.17, 15) is 13.5 Å². The normalized spacial score (nSPS) is 13.0. The van der Waals surface area contributed by atoms with Gasteiger partial charge in [0.05, 0.1) is 11.0 Å². The standard InChI is InChI=1S/C19H23NO3S/c1-15-9-11-19(12-10-15)24(22,23)20(14-17(3)21)13-16(2)18-7-5-4-6-8-18/h4-12,17,21H,2,13-14H2,1,3H3. The molecular weight excluding hydrogens is 322 g/mol. The molecule has 2 aromatic rings. The van der Waals surface area contributed by atoms with Crippen LogP contribution in [-0.2, 0) is 10.0 Å². The summed E-state index contributed by atoms with van der Waals surface area (Å²) < 4.78 is 27.1. The van der Waals surface area contributed by atoms with Crippen molar-refractivity contribution in [1.82, 2.24) is 4.31 Å². The van der Waals surface area contributed by atoms with Crippen molar-refractivity contribution < 1.29 is 13.5 Å². The van der Waals surface area contributed by atoms with E-state index in [1.165, 1.54) is 4.31 Å². The molecule has 0 heterocycles. The molecule has 0 saturated carbocycles. The van der Waals surface area contributed by atoms with Gasteiger partial charge in [0.25, 0.3) is 0 Å². The highest BCUT2D eigenvalue weighted by molar-refractivity contribution is 7.89. The molecule has 0 bridgehead atoms. The van der Waals surface area contributed by atoms with Crippen LogP contribution in [0.25, 0.3) is 5.57 Å². The van der Waals surface area contributed by atoms with Crippen LogP contribution in [0.1, 0.15) is 18.1 Å². The molecule has 0 aliphatic rings. The van der Waals surface area contributed by atoms with E-state index in [4.69, 9.17) is 0 Å². The molecule has 0 aromatic heterocycles. The first kappa shape index (κ1) is 18.4. The summed E-state index contributed by atoms with van der Waals surface area (Å²) >= 11 is 0. The lowest BCUT2D eigenvalue weighted by atomic mass is 10.1. The summed E-state index contributed by atoms with van der Waals surface area (Å²) in [6.07, 6.45) is -0.770. The van der Waals surface area contributed by atoms with Crippen molar-refractivity contribution in [2.24, 2.45) is 0 Å². The number of rotatable bonds is 7. The van der Waals surface area contributed by atoms with E-state index in [1.807, 2.05) is 37.3 Å². The fourth-order valence-electron chi connectivity index (χ4n) is 2.38. The third kappa shape index (κ3) is 4.54. The third-order valence-electron chi connectivity index (χ3n) is 3.68. The molecular formula is C19H23NO3S. The van der Waals surface area contributed by atoms with Gasteiger partial charge >= 0.3 is 0 Å². The van der Waals surface area contributed by atoms with Crippen LogP contribution in [-0.4, -0.2) is 37.0 Å². The van der Waals surface area contributed by atoms with E-state index < -0.39 is 16.1 Å². The van der Waals surface area contributed by atoms with E-state index >= 15 is 0 Å². The number of benzene rings is 2. The maximum absolute atomic E-state index is 12.9. The summed E-state index contributed by atoms with van der Waals surface area (Å²) in [5.41, 5.74) is 2.56. The number of aliphatic hydroxyl groups is 1. The van der Waals surface area contributed by atoms with Crippen LogP contribution in [0, 0.1) is 6.92 Å². The lowest BCUT2D eigenvalue weighted by Crippen LogP contribution is -2.37. The molecule has 1 unspecified atom stereocenters. The highest BCUT2D eigenvalue weighted by atomic mass is 32.2. The number of aryl methyl sites for hydroxylation is 1. The van der Waals surface area contributed by atoms with E-state index in [1.54, 1.807) is 31.2 Å². The SMILES string of the molecule is C=C(CN(CC(C)O)S(=O)(=O)c1ccc(C)cc1)c1ccccc1. The molecule has 2 rings (SSSR count). The Morgan fingerprint density at radius 1 is 1.12 bits per heavy atom. The maximum Gasteiger partial charge on any atom is 0.243 e. The Bertz CT molecular complexity index is 781. The van der Waals surface area contributed by atoms with Crippen LogP contribution < -0.4 is 0 Å². The minimum atomic E-state index is -3.70. The van der Waals surface area contributed by atoms with Crippen LogP contribution in [0.2, 0.25) is 0 Å². The molecule has 0 fully saturated rings. The molecule has 4 nitrogen and oxygen atoms in total. The van der Waals surface area contributed by atoms with Gasteiger partial charge in [0, 0.05) is 13.1 Å². The summed E-state index contributed by atoms with van der Waals surface area (Å²) in [7, 11) is -3.70. The molecule has 128 valence electrons. The van der Waals surface area contributed by atoms with E-state index in [2.05, 4.69) is 6.58 Å². The van der Waals surface area contributed by atoms with Gasteiger partial charge in [0.1, 0.15) is 0 Å². The second-order valence-corrected chi connectivity index (χ2v) is 7.87. The first-order chi connectivity index (χ1) is 11.3. The molecule has 0 saturated heterocycles. The Morgan fingerprint density at radius 3 is 2.25 bits per heavy atom. The first-order valence-electron chi connectivity index (χ1n) is 7.79. The number of sulfonamides is 1. The Hall–Kier alpha value is -1.95. The Balaban J connectivity index is 2.30. The first-order valence-corrected chi connectivity index (χ1v) is 9.23. The van der Waals surface area contributed by atoms with Crippen LogP contribution >= 0.6 is 0 Å². The summed E-state index contributed by atoms with van der Waals surface area (Å²) in [4.78, 5) is 0.217. The number of aliphatic hydroxyl groups excluding tert-OH is 1.